The van der Waals surface area contributed by atoms with E-state index < -0.39 is 11.8 Å². The van der Waals surface area contributed by atoms with E-state index in [9.17, 15) is 4.79 Å². The zero-order valence-corrected chi connectivity index (χ0v) is 11.3. The van der Waals surface area contributed by atoms with Gasteiger partial charge < -0.3 is 9.47 Å². The zero-order chi connectivity index (χ0) is 13.1. The van der Waals surface area contributed by atoms with Gasteiger partial charge in [0.25, 0.3) is 0 Å². The van der Waals surface area contributed by atoms with E-state index in [0.717, 1.165) is 12.0 Å². The first kappa shape index (κ1) is 13.8. The molecule has 0 unspecified atom stereocenters. The number of benzene rings is 1. The van der Waals surface area contributed by atoms with Crippen molar-refractivity contribution in [2.75, 3.05) is 0 Å². The Bertz CT molecular complexity index is 408. The lowest BCUT2D eigenvalue weighted by Crippen LogP contribution is -2.26. The molecule has 1 rings (SSSR count). The van der Waals surface area contributed by atoms with E-state index in [1.165, 1.54) is 0 Å². The van der Waals surface area contributed by atoms with Crippen molar-refractivity contribution in [2.45, 2.75) is 39.7 Å². The van der Waals surface area contributed by atoms with E-state index in [0.29, 0.717) is 10.8 Å². The van der Waals surface area contributed by atoms with Gasteiger partial charge in [0, 0.05) is 5.02 Å². The quantitative estimate of drug-likeness (QED) is 0.587. The number of rotatable bonds is 2. The summed E-state index contributed by atoms with van der Waals surface area (Å²) in [5, 5.41) is 0.670. The van der Waals surface area contributed by atoms with Crippen molar-refractivity contribution in [2.24, 2.45) is 0 Å². The second kappa shape index (κ2) is 5.41. The molecule has 94 valence electrons. The van der Waals surface area contributed by atoms with Crippen LogP contribution in [0.5, 0.6) is 5.75 Å². The number of halogens is 1. The summed E-state index contributed by atoms with van der Waals surface area (Å²) in [6, 6.07) is 5.09. The molecule has 0 amide bonds. The van der Waals surface area contributed by atoms with Crippen molar-refractivity contribution < 1.29 is 14.3 Å². The number of carbonyl (C=O) groups is 1. The maximum atomic E-state index is 11.4. The molecule has 17 heavy (non-hydrogen) atoms. The lowest BCUT2D eigenvalue weighted by molar-refractivity contribution is 0.0206. The largest absolute Gasteiger partial charge is 0.514 e. The van der Waals surface area contributed by atoms with Gasteiger partial charge in [0.2, 0.25) is 0 Å². The molecule has 0 spiro atoms. The summed E-state index contributed by atoms with van der Waals surface area (Å²) in [5.74, 6) is 0.445. The van der Waals surface area contributed by atoms with E-state index in [-0.39, 0.29) is 0 Å². The lowest BCUT2D eigenvalue weighted by atomic mass is 10.1. The molecule has 0 N–H and O–H groups in total. The maximum Gasteiger partial charge on any atom is 0.514 e. The van der Waals surface area contributed by atoms with Crippen LogP contribution in [0.15, 0.2) is 18.2 Å². The van der Waals surface area contributed by atoms with Crippen molar-refractivity contribution in [3.8, 4) is 5.75 Å². The number of hydrogen-bond acceptors (Lipinski definition) is 3. The van der Waals surface area contributed by atoms with Gasteiger partial charge in [-0.15, -0.1) is 0 Å². The van der Waals surface area contributed by atoms with Gasteiger partial charge in [0.15, 0.2) is 0 Å². The second-order valence-corrected chi connectivity index (χ2v) is 5.08. The Labute approximate surface area is 107 Å². The molecule has 0 bridgehead atoms. The minimum absolute atomic E-state index is 0.445. The summed E-state index contributed by atoms with van der Waals surface area (Å²) in [4.78, 5) is 11.4. The molecule has 0 aromatic heterocycles. The molecule has 0 atom stereocenters. The first-order valence-corrected chi connectivity index (χ1v) is 5.89. The summed E-state index contributed by atoms with van der Waals surface area (Å²) in [7, 11) is 0. The summed E-state index contributed by atoms with van der Waals surface area (Å²) < 4.78 is 10.1. The average molecular weight is 257 g/mol. The summed E-state index contributed by atoms with van der Waals surface area (Å²) in [6.07, 6.45) is 0.0755. The van der Waals surface area contributed by atoms with E-state index in [1.54, 1.807) is 39.0 Å². The van der Waals surface area contributed by atoms with Crippen LogP contribution >= 0.6 is 11.6 Å². The van der Waals surface area contributed by atoms with Crippen LogP contribution in [0.4, 0.5) is 4.79 Å². The number of carbonyl (C=O) groups excluding carboxylic acids is 1. The molecule has 0 fully saturated rings. The van der Waals surface area contributed by atoms with E-state index in [1.807, 2.05) is 6.92 Å². The molecule has 0 radical (unpaired) electrons. The monoisotopic (exact) mass is 256 g/mol. The first-order valence-electron chi connectivity index (χ1n) is 5.51. The minimum Gasteiger partial charge on any atom is -0.428 e. The predicted octanol–water partition coefficient (Wildman–Crippen LogP) is 4.22. The molecule has 0 heterocycles. The van der Waals surface area contributed by atoms with E-state index in [2.05, 4.69) is 0 Å². The first-order chi connectivity index (χ1) is 7.81. The third kappa shape index (κ3) is 4.65. The predicted molar refractivity (Wildman–Crippen MR) is 67.7 cm³/mol. The molecule has 1 aromatic rings. The molecule has 0 aliphatic heterocycles. The standard InChI is InChI=1S/C13H17ClO3/c1-5-9-8-10(6-7-11(9)14)16-12(15)17-13(2,3)4/h6-8H,5H2,1-4H3. The van der Waals surface area contributed by atoms with Crippen molar-refractivity contribution in [1.82, 2.24) is 0 Å². The molecule has 0 aliphatic carbocycles. The van der Waals surface area contributed by atoms with Gasteiger partial charge in [-0.3, -0.25) is 0 Å². The summed E-state index contributed by atoms with van der Waals surface area (Å²) in [5.41, 5.74) is 0.379. The number of aryl methyl sites for hydroxylation is 1. The number of hydrogen-bond donors (Lipinski definition) is 0. The van der Waals surface area contributed by atoms with Crippen molar-refractivity contribution in [3.63, 3.8) is 0 Å². The molecule has 1 aromatic carbocycles. The smallest absolute Gasteiger partial charge is 0.428 e. The minimum atomic E-state index is -0.707. The Kier molecular flexibility index (Phi) is 4.40. The Balaban J connectivity index is 2.72. The fourth-order valence-corrected chi connectivity index (χ4v) is 1.50. The molecule has 3 nitrogen and oxygen atoms in total. The maximum absolute atomic E-state index is 11.4. The highest BCUT2D eigenvalue weighted by atomic mass is 35.5. The third-order valence-electron chi connectivity index (χ3n) is 1.99. The molecular weight excluding hydrogens is 240 g/mol. The lowest BCUT2D eigenvalue weighted by Gasteiger charge is -2.18. The second-order valence-electron chi connectivity index (χ2n) is 4.67. The van der Waals surface area contributed by atoms with Crippen LogP contribution in [0.3, 0.4) is 0 Å². The third-order valence-corrected chi connectivity index (χ3v) is 2.36. The Morgan fingerprint density at radius 1 is 1.35 bits per heavy atom. The van der Waals surface area contributed by atoms with Crippen LogP contribution < -0.4 is 4.74 Å². The average Bonchev–Trinajstić information content (AvgIpc) is 2.18. The number of ether oxygens (including phenoxy) is 2. The Hall–Kier alpha value is -1.22. The van der Waals surface area contributed by atoms with E-state index >= 15 is 0 Å². The van der Waals surface area contributed by atoms with Gasteiger partial charge in [-0.2, -0.15) is 0 Å². The molecular formula is C13H17ClO3. The van der Waals surface area contributed by atoms with Crippen LogP contribution in [0, 0.1) is 0 Å². The van der Waals surface area contributed by atoms with Crippen molar-refractivity contribution in [3.05, 3.63) is 28.8 Å². The van der Waals surface area contributed by atoms with Gasteiger partial charge in [-0.05, 0) is 51.0 Å². The summed E-state index contributed by atoms with van der Waals surface area (Å²) in [6.45, 7) is 7.34. The normalized spacial score (nSPS) is 11.1. The Morgan fingerprint density at radius 2 is 2.00 bits per heavy atom. The van der Waals surface area contributed by atoms with Gasteiger partial charge in [0.1, 0.15) is 11.4 Å². The van der Waals surface area contributed by atoms with Gasteiger partial charge >= 0.3 is 6.16 Å². The zero-order valence-electron chi connectivity index (χ0n) is 10.5. The van der Waals surface area contributed by atoms with Crippen molar-refractivity contribution >= 4 is 17.8 Å². The molecule has 0 saturated carbocycles. The highest BCUT2D eigenvalue weighted by Crippen LogP contribution is 2.23. The van der Waals surface area contributed by atoms with Crippen molar-refractivity contribution in [1.29, 1.82) is 0 Å². The van der Waals surface area contributed by atoms with Crippen LogP contribution in [-0.2, 0) is 11.2 Å². The van der Waals surface area contributed by atoms with Crippen LogP contribution in [0.25, 0.3) is 0 Å². The van der Waals surface area contributed by atoms with E-state index in [4.69, 9.17) is 21.1 Å². The fraction of sp³-hybridized carbons (Fsp3) is 0.462. The van der Waals surface area contributed by atoms with Crippen LogP contribution in [0.1, 0.15) is 33.3 Å². The molecule has 0 aliphatic rings. The SMILES string of the molecule is CCc1cc(OC(=O)OC(C)(C)C)ccc1Cl. The van der Waals surface area contributed by atoms with Gasteiger partial charge in [-0.25, -0.2) is 4.79 Å². The topological polar surface area (TPSA) is 35.5 Å². The molecule has 4 heteroatoms. The van der Waals surface area contributed by atoms with Gasteiger partial charge in [0.05, 0.1) is 0 Å². The van der Waals surface area contributed by atoms with Gasteiger partial charge in [-0.1, -0.05) is 18.5 Å². The van der Waals surface area contributed by atoms with Crippen LogP contribution in [-0.4, -0.2) is 11.8 Å². The van der Waals surface area contributed by atoms with Crippen LogP contribution in [0.2, 0.25) is 5.02 Å². The highest BCUT2D eigenvalue weighted by molar-refractivity contribution is 6.31. The molecule has 0 saturated heterocycles. The fourth-order valence-electron chi connectivity index (χ4n) is 1.25. The highest BCUT2D eigenvalue weighted by Gasteiger charge is 2.18. The Morgan fingerprint density at radius 3 is 2.53 bits per heavy atom. The summed E-state index contributed by atoms with van der Waals surface area (Å²) >= 11 is 5.97.